The zero-order valence-electron chi connectivity index (χ0n) is 18.7. The second-order valence-electron chi connectivity index (χ2n) is 9.27. The Bertz CT molecular complexity index is 1270. The molecular weight excluding hydrogens is 505 g/mol. The lowest BCUT2D eigenvalue weighted by Crippen LogP contribution is -2.44. The van der Waals surface area contributed by atoms with Gasteiger partial charge in [0.25, 0.3) is 0 Å². The molecule has 0 spiro atoms. The Labute approximate surface area is 208 Å². The van der Waals surface area contributed by atoms with Crippen molar-refractivity contribution in [2.75, 3.05) is 5.32 Å². The predicted octanol–water partition coefficient (Wildman–Crippen LogP) is 6.11. The van der Waals surface area contributed by atoms with E-state index in [4.69, 9.17) is 11.6 Å². The fourth-order valence-corrected chi connectivity index (χ4v) is 5.77. The molecule has 2 unspecified atom stereocenters. The second-order valence-corrected chi connectivity index (χ2v) is 10.7. The maximum atomic E-state index is 13.0. The second kappa shape index (κ2) is 9.03. The number of aliphatic carboxylic acids is 1. The normalized spacial score (nSPS) is 22.1. The fraction of sp³-hybridized carbons (Fsp3) is 0.391. The zero-order chi connectivity index (χ0) is 25.6. The van der Waals surface area contributed by atoms with E-state index in [0.717, 1.165) is 12.3 Å². The van der Waals surface area contributed by atoms with E-state index < -0.39 is 34.8 Å². The van der Waals surface area contributed by atoms with Crippen LogP contribution in [0, 0.1) is 11.3 Å². The van der Waals surface area contributed by atoms with Gasteiger partial charge in [-0.3, -0.25) is 4.79 Å². The highest BCUT2D eigenvalue weighted by molar-refractivity contribution is 7.15. The first-order valence-corrected chi connectivity index (χ1v) is 11.9. The number of halogens is 4. The van der Waals surface area contributed by atoms with Gasteiger partial charge in [-0.2, -0.15) is 13.2 Å². The molecule has 1 fully saturated rings. The number of anilines is 2. The first kappa shape index (κ1) is 25.3. The number of thiazole rings is 1. The quantitative estimate of drug-likeness (QED) is 0.368. The molecule has 1 aliphatic carbocycles. The van der Waals surface area contributed by atoms with Crippen LogP contribution in [0.4, 0.5) is 24.8 Å². The van der Waals surface area contributed by atoms with Crippen LogP contribution in [0.2, 0.25) is 5.02 Å². The van der Waals surface area contributed by atoms with E-state index in [2.05, 4.69) is 20.3 Å². The van der Waals surface area contributed by atoms with Crippen molar-refractivity contribution < 1.29 is 28.2 Å². The number of nitrogens with one attached hydrogen (secondary N) is 1. The number of rotatable bonds is 5. The van der Waals surface area contributed by atoms with E-state index in [1.807, 2.05) is 13.8 Å². The molecule has 0 aliphatic heterocycles. The Morgan fingerprint density at radius 1 is 1.26 bits per heavy atom. The summed E-state index contributed by atoms with van der Waals surface area (Å²) in [7, 11) is 0. The van der Waals surface area contributed by atoms with Gasteiger partial charge in [0.1, 0.15) is 16.3 Å². The summed E-state index contributed by atoms with van der Waals surface area (Å²) in [6.45, 7) is 3.66. The predicted molar refractivity (Wildman–Crippen MR) is 126 cm³/mol. The van der Waals surface area contributed by atoms with Gasteiger partial charge < -0.3 is 15.5 Å². The van der Waals surface area contributed by atoms with Crippen LogP contribution in [0.1, 0.15) is 43.8 Å². The molecule has 0 bridgehead atoms. The Kier molecular flexibility index (Phi) is 6.54. The van der Waals surface area contributed by atoms with Crippen molar-refractivity contribution in [1.82, 2.24) is 15.0 Å². The number of alkyl halides is 3. The van der Waals surface area contributed by atoms with Crippen molar-refractivity contribution in [2.24, 2.45) is 11.3 Å². The molecule has 3 aromatic rings. The standard InChI is InChI=1S/C23H22ClF3N4O3S/c1-21(2)11-22(34,5-3-15(21)18(32)33)19-29-10-16(35-19)12-7-13(24)9-14(8-12)30-20-28-6-4-17(31-20)23(25,26)27/h4,6-10,15,34H,3,5,11H2,1-2H3,(H,32,33)(H,28,30,31). The summed E-state index contributed by atoms with van der Waals surface area (Å²) in [5.74, 6) is -1.66. The summed E-state index contributed by atoms with van der Waals surface area (Å²) in [5.41, 5.74) is -1.94. The Morgan fingerprint density at radius 3 is 2.66 bits per heavy atom. The van der Waals surface area contributed by atoms with Gasteiger partial charge in [-0.25, -0.2) is 15.0 Å². The minimum Gasteiger partial charge on any atom is -0.481 e. The molecule has 1 saturated carbocycles. The van der Waals surface area contributed by atoms with E-state index in [1.54, 1.807) is 18.3 Å². The number of benzene rings is 1. The zero-order valence-corrected chi connectivity index (χ0v) is 20.3. The van der Waals surface area contributed by atoms with Gasteiger partial charge in [0, 0.05) is 23.1 Å². The molecule has 1 aliphatic rings. The van der Waals surface area contributed by atoms with E-state index in [-0.39, 0.29) is 18.8 Å². The number of carbonyl (C=O) groups is 1. The van der Waals surface area contributed by atoms with Crippen LogP contribution in [0.15, 0.2) is 36.7 Å². The highest BCUT2D eigenvalue weighted by atomic mass is 35.5. The van der Waals surface area contributed by atoms with E-state index in [1.165, 1.54) is 17.4 Å². The van der Waals surface area contributed by atoms with Gasteiger partial charge in [0.2, 0.25) is 5.95 Å². The van der Waals surface area contributed by atoms with Gasteiger partial charge in [0.15, 0.2) is 0 Å². The molecule has 0 saturated heterocycles. The Hall–Kier alpha value is -2.76. The summed E-state index contributed by atoms with van der Waals surface area (Å²) in [5, 5.41) is 24.4. The van der Waals surface area contributed by atoms with Crippen molar-refractivity contribution >= 4 is 40.5 Å². The number of carboxylic acids is 1. The molecule has 35 heavy (non-hydrogen) atoms. The molecular formula is C23H22ClF3N4O3S. The molecule has 2 aromatic heterocycles. The summed E-state index contributed by atoms with van der Waals surface area (Å²) in [6, 6.07) is 5.65. The number of hydrogen-bond acceptors (Lipinski definition) is 7. The molecule has 2 heterocycles. The lowest BCUT2D eigenvalue weighted by Gasteiger charge is -2.44. The number of aromatic nitrogens is 3. The van der Waals surface area contributed by atoms with E-state index >= 15 is 0 Å². The Morgan fingerprint density at radius 2 is 2.00 bits per heavy atom. The summed E-state index contributed by atoms with van der Waals surface area (Å²) in [6.07, 6.45) is -1.15. The van der Waals surface area contributed by atoms with Crippen LogP contribution in [0.3, 0.4) is 0 Å². The maximum Gasteiger partial charge on any atom is 0.433 e. The molecule has 7 nitrogen and oxygen atoms in total. The van der Waals surface area contributed by atoms with Crippen molar-refractivity contribution in [3.63, 3.8) is 0 Å². The lowest BCUT2D eigenvalue weighted by atomic mass is 9.63. The van der Waals surface area contributed by atoms with E-state index in [9.17, 15) is 28.2 Å². The average molecular weight is 527 g/mol. The monoisotopic (exact) mass is 526 g/mol. The van der Waals surface area contributed by atoms with Gasteiger partial charge in [-0.05, 0) is 54.5 Å². The topological polar surface area (TPSA) is 108 Å². The first-order valence-electron chi connectivity index (χ1n) is 10.7. The third-order valence-electron chi connectivity index (χ3n) is 6.12. The smallest absolute Gasteiger partial charge is 0.433 e. The van der Waals surface area contributed by atoms with Gasteiger partial charge in [0.05, 0.1) is 10.8 Å². The van der Waals surface area contributed by atoms with Crippen LogP contribution in [-0.4, -0.2) is 31.1 Å². The molecule has 1 aromatic carbocycles. The number of carboxylic acid groups (broad SMARTS) is 1. The van der Waals surface area contributed by atoms with Gasteiger partial charge in [-0.15, -0.1) is 11.3 Å². The van der Waals surface area contributed by atoms with Crippen LogP contribution < -0.4 is 5.32 Å². The van der Waals surface area contributed by atoms with E-state index in [0.29, 0.717) is 32.6 Å². The molecule has 186 valence electrons. The summed E-state index contributed by atoms with van der Waals surface area (Å²) in [4.78, 5) is 24.0. The highest BCUT2D eigenvalue weighted by Gasteiger charge is 2.49. The van der Waals surface area contributed by atoms with Crippen molar-refractivity contribution in [2.45, 2.75) is 44.9 Å². The Balaban J connectivity index is 1.59. The molecule has 0 radical (unpaired) electrons. The van der Waals surface area contributed by atoms with Crippen molar-refractivity contribution in [3.05, 3.63) is 52.4 Å². The van der Waals surface area contributed by atoms with Crippen LogP contribution in [-0.2, 0) is 16.6 Å². The number of nitrogens with zero attached hydrogens (tertiary/aromatic N) is 3. The van der Waals surface area contributed by atoms with Gasteiger partial charge >= 0.3 is 12.1 Å². The highest BCUT2D eigenvalue weighted by Crippen LogP contribution is 2.51. The van der Waals surface area contributed by atoms with Gasteiger partial charge in [-0.1, -0.05) is 25.4 Å². The number of aliphatic hydroxyl groups is 1. The van der Waals surface area contributed by atoms with Crippen molar-refractivity contribution in [3.8, 4) is 10.4 Å². The van der Waals surface area contributed by atoms with Crippen molar-refractivity contribution in [1.29, 1.82) is 0 Å². The molecule has 12 heteroatoms. The molecule has 2 atom stereocenters. The average Bonchev–Trinajstić information content (AvgIpc) is 3.23. The third kappa shape index (κ3) is 5.41. The molecule has 0 amide bonds. The third-order valence-corrected chi connectivity index (χ3v) is 7.58. The first-order chi connectivity index (χ1) is 16.3. The maximum absolute atomic E-state index is 13.0. The summed E-state index contributed by atoms with van der Waals surface area (Å²) >= 11 is 7.51. The largest absolute Gasteiger partial charge is 0.481 e. The van der Waals surface area contributed by atoms with Crippen LogP contribution in [0.25, 0.3) is 10.4 Å². The lowest BCUT2D eigenvalue weighted by molar-refractivity contribution is -0.154. The minimum atomic E-state index is -4.60. The van der Waals surface area contributed by atoms with Crippen LogP contribution >= 0.6 is 22.9 Å². The van der Waals surface area contributed by atoms with Crippen LogP contribution in [0.5, 0.6) is 0 Å². The fourth-order valence-electron chi connectivity index (χ4n) is 4.51. The summed E-state index contributed by atoms with van der Waals surface area (Å²) < 4.78 is 38.9. The SMILES string of the molecule is CC1(C)CC(O)(c2ncc(-c3cc(Cl)cc(Nc4nccc(C(F)(F)F)n4)c3)s2)CCC1C(=O)O. The molecule has 3 N–H and O–H groups in total. The molecule has 4 rings (SSSR count). The minimum absolute atomic E-state index is 0.232. The number of hydrogen-bond donors (Lipinski definition) is 3.